The van der Waals surface area contributed by atoms with E-state index in [2.05, 4.69) is 5.16 Å². The molecule has 0 atom stereocenters. The minimum atomic E-state index is 0.213. The topological polar surface area (TPSA) is 87.9 Å². The van der Waals surface area contributed by atoms with E-state index in [1.807, 2.05) is 4.90 Å². The van der Waals surface area contributed by atoms with Crippen LogP contribution in [0.3, 0.4) is 0 Å². The van der Waals surface area contributed by atoms with Crippen molar-refractivity contribution in [3.63, 3.8) is 0 Å². The first-order chi connectivity index (χ1) is 5.77. The van der Waals surface area contributed by atoms with Crippen LogP contribution in [0.4, 0.5) is 0 Å². The van der Waals surface area contributed by atoms with Crippen molar-refractivity contribution in [1.82, 2.24) is 4.90 Å². The van der Waals surface area contributed by atoms with Crippen LogP contribution in [0.5, 0.6) is 0 Å². The molecule has 0 amide bonds. The van der Waals surface area contributed by atoms with Crippen LogP contribution in [0.2, 0.25) is 0 Å². The number of nitrogens with two attached hydrogens (primary N) is 2. The van der Waals surface area contributed by atoms with E-state index in [-0.39, 0.29) is 5.96 Å². The summed E-state index contributed by atoms with van der Waals surface area (Å²) in [6.45, 7) is 2.43. The molecule has 1 rings (SSSR count). The summed E-state index contributed by atoms with van der Waals surface area (Å²) in [5.74, 6) is 0.818. The number of piperidine rings is 1. The highest BCUT2D eigenvalue weighted by Gasteiger charge is 2.18. The maximum Gasteiger partial charge on any atom is 0.233 e. The molecule has 1 fully saturated rings. The average molecular weight is 172 g/mol. The Morgan fingerprint density at radius 1 is 1.50 bits per heavy atom. The zero-order chi connectivity index (χ0) is 8.97. The van der Waals surface area contributed by atoms with Gasteiger partial charge < -0.3 is 21.6 Å². The Balaban J connectivity index is 2.36. The SMILES string of the molecule is NCC1CCN(C(N)=NO)CC1. The Labute approximate surface area is 72.0 Å². The van der Waals surface area contributed by atoms with E-state index in [1.165, 1.54) is 0 Å². The maximum atomic E-state index is 8.41. The molecule has 70 valence electrons. The highest BCUT2D eigenvalue weighted by molar-refractivity contribution is 5.77. The predicted octanol–water partition coefficient (Wildman–Crippen LogP) is -0.639. The minimum absolute atomic E-state index is 0.213. The van der Waals surface area contributed by atoms with Gasteiger partial charge in [0.05, 0.1) is 0 Å². The van der Waals surface area contributed by atoms with E-state index < -0.39 is 0 Å². The third-order valence-electron chi connectivity index (χ3n) is 2.37. The monoisotopic (exact) mass is 172 g/mol. The van der Waals surface area contributed by atoms with Crippen molar-refractivity contribution >= 4 is 5.96 Å². The first kappa shape index (κ1) is 9.12. The fraction of sp³-hybridized carbons (Fsp3) is 0.857. The molecule has 1 aliphatic rings. The van der Waals surface area contributed by atoms with Gasteiger partial charge in [0.25, 0.3) is 0 Å². The third kappa shape index (κ3) is 2.01. The number of oxime groups is 1. The smallest absolute Gasteiger partial charge is 0.233 e. The van der Waals surface area contributed by atoms with Crippen LogP contribution in [0.25, 0.3) is 0 Å². The van der Waals surface area contributed by atoms with Gasteiger partial charge >= 0.3 is 0 Å². The molecule has 0 spiro atoms. The number of guanidine groups is 1. The van der Waals surface area contributed by atoms with E-state index in [0.717, 1.165) is 32.5 Å². The van der Waals surface area contributed by atoms with Crippen LogP contribution in [-0.2, 0) is 0 Å². The summed E-state index contributed by atoms with van der Waals surface area (Å²) in [7, 11) is 0. The molecule has 0 aromatic carbocycles. The Kier molecular flexibility index (Phi) is 3.16. The summed E-state index contributed by atoms with van der Waals surface area (Å²) in [4.78, 5) is 1.87. The molecule has 0 bridgehead atoms. The summed E-state index contributed by atoms with van der Waals surface area (Å²) < 4.78 is 0. The van der Waals surface area contributed by atoms with Gasteiger partial charge in [0.2, 0.25) is 5.96 Å². The number of hydrogen-bond acceptors (Lipinski definition) is 3. The first-order valence-electron chi connectivity index (χ1n) is 4.20. The van der Waals surface area contributed by atoms with Crippen molar-refractivity contribution in [1.29, 1.82) is 0 Å². The second kappa shape index (κ2) is 4.15. The van der Waals surface area contributed by atoms with E-state index in [9.17, 15) is 0 Å². The number of likely N-dealkylation sites (tertiary alicyclic amines) is 1. The molecule has 5 heteroatoms. The summed E-state index contributed by atoms with van der Waals surface area (Å²) in [5, 5.41) is 11.4. The molecule has 12 heavy (non-hydrogen) atoms. The lowest BCUT2D eigenvalue weighted by atomic mass is 9.97. The van der Waals surface area contributed by atoms with E-state index in [0.29, 0.717) is 5.92 Å². The highest BCUT2D eigenvalue weighted by Crippen LogP contribution is 2.14. The average Bonchev–Trinajstić information content (AvgIpc) is 2.17. The van der Waals surface area contributed by atoms with Gasteiger partial charge in [-0.3, -0.25) is 0 Å². The summed E-state index contributed by atoms with van der Waals surface area (Å²) in [5.41, 5.74) is 11.0. The second-order valence-corrected chi connectivity index (χ2v) is 3.12. The van der Waals surface area contributed by atoms with Crippen LogP contribution in [0, 0.1) is 5.92 Å². The summed E-state index contributed by atoms with van der Waals surface area (Å²) in [6, 6.07) is 0. The molecule has 0 aromatic heterocycles. The highest BCUT2D eigenvalue weighted by atomic mass is 16.4. The van der Waals surface area contributed by atoms with Gasteiger partial charge in [-0.05, 0) is 25.3 Å². The minimum Gasteiger partial charge on any atom is -0.408 e. The zero-order valence-electron chi connectivity index (χ0n) is 7.11. The largest absolute Gasteiger partial charge is 0.408 e. The van der Waals surface area contributed by atoms with E-state index in [4.69, 9.17) is 16.7 Å². The quantitative estimate of drug-likeness (QED) is 0.212. The Morgan fingerprint density at radius 2 is 2.08 bits per heavy atom. The number of hydrogen-bond donors (Lipinski definition) is 3. The molecule has 0 unspecified atom stereocenters. The lowest BCUT2D eigenvalue weighted by Crippen LogP contribution is -2.43. The Morgan fingerprint density at radius 3 is 2.50 bits per heavy atom. The van der Waals surface area contributed by atoms with Crippen LogP contribution in [0.1, 0.15) is 12.8 Å². The molecule has 1 aliphatic heterocycles. The zero-order valence-corrected chi connectivity index (χ0v) is 7.11. The molecular weight excluding hydrogens is 156 g/mol. The Hall–Kier alpha value is -0.970. The van der Waals surface area contributed by atoms with Crippen molar-refractivity contribution in [3.8, 4) is 0 Å². The van der Waals surface area contributed by atoms with Gasteiger partial charge in [-0.1, -0.05) is 5.16 Å². The molecular formula is C7H16N4O. The lowest BCUT2D eigenvalue weighted by molar-refractivity contribution is 0.248. The Bertz CT molecular complexity index is 163. The van der Waals surface area contributed by atoms with E-state index in [1.54, 1.807) is 0 Å². The second-order valence-electron chi connectivity index (χ2n) is 3.12. The standard InChI is InChI=1S/C7H16N4O/c8-5-6-1-3-11(4-2-6)7(9)10-12/h6,12H,1-5,8H2,(H2,9,10). The van der Waals surface area contributed by atoms with Crippen molar-refractivity contribution in [3.05, 3.63) is 0 Å². The van der Waals surface area contributed by atoms with Gasteiger partial charge in [0, 0.05) is 13.1 Å². The maximum absolute atomic E-state index is 8.41. The normalized spacial score (nSPS) is 21.4. The third-order valence-corrected chi connectivity index (χ3v) is 2.37. The van der Waals surface area contributed by atoms with Gasteiger partial charge in [0.1, 0.15) is 0 Å². The van der Waals surface area contributed by atoms with Crippen molar-refractivity contribution in [2.75, 3.05) is 19.6 Å². The van der Waals surface area contributed by atoms with Crippen LogP contribution < -0.4 is 11.5 Å². The molecule has 5 nitrogen and oxygen atoms in total. The van der Waals surface area contributed by atoms with Gasteiger partial charge in [-0.2, -0.15) is 0 Å². The molecule has 0 aliphatic carbocycles. The fourth-order valence-electron chi connectivity index (χ4n) is 1.46. The molecule has 0 aromatic rings. The van der Waals surface area contributed by atoms with Crippen molar-refractivity contribution in [2.45, 2.75) is 12.8 Å². The van der Waals surface area contributed by atoms with Gasteiger partial charge in [-0.15, -0.1) is 0 Å². The fourth-order valence-corrected chi connectivity index (χ4v) is 1.46. The molecule has 5 N–H and O–H groups in total. The van der Waals surface area contributed by atoms with Crippen LogP contribution in [0.15, 0.2) is 5.16 Å². The molecule has 0 radical (unpaired) electrons. The molecule has 0 saturated carbocycles. The van der Waals surface area contributed by atoms with Crippen molar-refractivity contribution in [2.24, 2.45) is 22.5 Å². The molecule has 1 saturated heterocycles. The van der Waals surface area contributed by atoms with E-state index >= 15 is 0 Å². The molecule has 1 heterocycles. The number of nitrogens with zero attached hydrogens (tertiary/aromatic N) is 2. The summed E-state index contributed by atoms with van der Waals surface area (Å²) in [6.07, 6.45) is 2.07. The van der Waals surface area contributed by atoms with Gasteiger partial charge in [0.15, 0.2) is 0 Å². The summed E-state index contributed by atoms with van der Waals surface area (Å²) >= 11 is 0. The van der Waals surface area contributed by atoms with Gasteiger partial charge in [-0.25, -0.2) is 0 Å². The van der Waals surface area contributed by atoms with Crippen LogP contribution in [-0.4, -0.2) is 35.7 Å². The van der Waals surface area contributed by atoms with Crippen molar-refractivity contribution < 1.29 is 5.21 Å². The van der Waals surface area contributed by atoms with Crippen LogP contribution >= 0.6 is 0 Å². The lowest BCUT2D eigenvalue weighted by Gasteiger charge is -2.31. The number of rotatable bonds is 1. The predicted molar refractivity (Wildman–Crippen MR) is 46.8 cm³/mol. The first-order valence-corrected chi connectivity index (χ1v) is 4.20.